The topological polar surface area (TPSA) is 108 Å². The molecule has 1 fully saturated rings. The molecule has 0 saturated carbocycles. The Morgan fingerprint density at radius 1 is 1.17 bits per heavy atom. The van der Waals surface area contributed by atoms with Gasteiger partial charge >= 0.3 is 6.03 Å². The van der Waals surface area contributed by atoms with Crippen molar-refractivity contribution in [2.75, 3.05) is 4.90 Å². The maximum atomic E-state index is 14.0. The summed E-state index contributed by atoms with van der Waals surface area (Å²) in [6, 6.07) is 8.16. The van der Waals surface area contributed by atoms with Gasteiger partial charge in [-0.25, -0.2) is 19.5 Å². The van der Waals surface area contributed by atoms with Crippen molar-refractivity contribution in [1.82, 2.24) is 10.7 Å². The number of amides is 5. The number of para-hydroxylation sites is 1. The smallest absolute Gasteiger partial charge is 0.276 e. The van der Waals surface area contributed by atoms with E-state index >= 15 is 0 Å². The predicted molar refractivity (Wildman–Crippen MR) is 103 cm³/mol. The van der Waals surface area contributed by atoms with Gasteiger partial charge in [-0.2, -0.15) is 5.10 Å². The first-order valence-electron chi connectivity index (χ1n) is 8.01. The van der Waals surface area contributed by atoms with Crippen LogP contribution in [0, 0.1) is 11.7 Å². The molecule has 2 aromatic rings. The minimum absolute atomic E-state index is 0.0656. The van der Waals surface area contributed by atoms with Crippen molar-refractivity contribution in [2.24, 2.45) is 11.0 Å². The Morgan fingerprint density at radius 3 is 2.59 bits per heavy atom. The summed E-state index contributed by atoms with van der Waals surface area (Å²) in [5, 5.41) is 5.93. The molecule has 1 heterocycles. The molecule has 0 radical (unpaired) electrons. The van der Waals surface area contributed by atoms with Crippen LogP contribution in [0.3, 0.4) is 0 Å². The predicted octanol–water partition coefficient (Wildman–Crippen LogP) is 2.75. The van der Waals surface area contributed by atoms with Gasteiger partial charge in [0.25, 0.3) is 11.8 Å². The van der Waals surface area contributed by atoms with Gasteiger partial charge in [0.2, 0.25) is 5.91 Å². The molecule has 0 spiro atoms. The van der Waals surface area contributed by atoms with E-state index in [1.165, 1.54) is 36.4 Å². The number of benzene rings is 2. The highest BCUT2D eigenvalue weighted by atomic mass is 35.5. The first-order chi connectivity index (χ1) is 13.8. The molecule has 148 valence electrons. The van der Waals surface area contributed by atoms with Gasteiger partial charge in [0, 0.05) is 11.2 Å². The van der Waals surface area contributed by atoms with Gasteiger partial charge in [-0.1, -0.05) is 35.3 Å². The van der Waals surface area contributed by atoms with Crippen LogP contribution in [0.2, 0.25) is 10.0 Å². The van der Waals surface area contributed by atoms with Gasteiger partial charge in [0.05, 0.1) is 16.3 Å². The lowest BCUT2D eigenvalue weighted by Crippen LogP contribution is -2.59. The lowest BCUT2D eigenvalue weighted by Gasteiger charge is -2.28. The summed E-state index contributed by atoms with van der Waals surface area (Å²) in [5.74, 6) is -5.09. The van der Waals surface area contributed by atoms with Crippen LogP contribution < -0.4 is 15.6 Å². The molecule has 2 aromatic carbocycles. The first-order valence-corrected chi connectivity index (χ1v) is 8.77. The number of nitrogens with zero attached hydrogens (tertiary/aromatic N) is 2. The Hall–Kier alpha value is -3.30. The fraction of sp³-hybridized carbons (Fsp3) is 0.0556. The molecule has 2 N–H and O–H groups in total. The number of rotatable bonds is 4. The second kappa shape index (κ2) is 8.38. The lowest BCUT2D eigenvalue weighted by molar-refractivity contribution is -0.131. The molecule has 29 heavy (non-hydrogen) atoms. The molecule has 0 unspecified atom stereocenters. The van der Waals surface area contributed by atoms with Crippen LogP contribution in [-0.4, -0.2) is 30.0 Å². The third-order valence-electron chi connectivity index (χ3n) is 3.86. The van der Waals surface area contributed by atoms with Gasteiger partial charge < -0.3 is 0 Å². The highest BCUT2D eigenvalue weighted by Crippen LogP contribution is 2.23. The highest BCUT2D eigenvalue weighted by molar-refractivity contribution is 6.37. The molecule has 0 aliphatic carbocycles. The lowest BCUT2D eigenvalue weighted by atomic mass is 10.1. The van der Waals surface area contributed by atoms with E-state index in [1.807, 2.05) is 5.32 Å². The summed E-state index contributed by atoms with van der Waals surface area (Å²) in [6.07, 6.45) is 0.833. The number of hydrazone groups is 1. The Kier molecular flexibility index (Phi) is 5.90. The molecule has 8 nitrogen and oxygen atoms in total. The van der Waals surface area contributed by atoms with Crippen LogP contribution in [0.15, 0.2) is 47.6 Å². The van der Waals surface area contributed by atoms with Gasteiger partial charge in [-0.3, -0.25) is 19.7 Å². The maximum Gasteiger partial charge on any atom is 0.335 e. The van der Waals surface area contributed by atoms with E-state index in [4.69, 9.17) is 23.2 Å². The number of imide groups is 2. The summed E-state index contributed by atoms with van der Waals surface area (Å²) in [5.41, 5.74) is 1.86. The summed E-state index contributed by atoms with van der Waals surface area (Å²) in [7, 11) is 0. The van der Waals surface area contributed by atoms with E-state index < -0.39 is 35.5 Å². The van der Waals surface area contributed by atoms with E-state index in [1.54, 1.807) is 0 Å². The quantitative estimate of drug-likeness (QED) is 0.436. The molecule has 1 saturated heterocycles. The molecule has 11 heteroatoms. The van der Waals surface area contributed by atoms with Crippen molar-refractivity contribution in [3.63, 3.8) is 0 Å². The number of carbonyl (C=O) groups excluding carboxylic acids is 4. The minimum atomic E-state index is -1.56. The molecule has 1 aliphatic heterocycles. The zero-order valence-corrected chi connectivity index (χ0v) is 15.9. The standard InChI is InChI=1S/C18H11Cl2FN4O4/c19-9-5-6-10(12(20)7-9)16(27)24-22-8-11-15(26)23-18(29)25(17(11)28)14-4-2-1-3-13(14)21/h1-8,11H,(H,24,27)(H,23,26,29)/b22-8-/t11-/m0/s1. The number of urea groups is 1. The van der Waals surface area contributed by atoms with Crippen molar-refractivity contribution < 1.29 is 23.6 Å². The van der Waals surface area contributed by atoms with Crippen molar-refractivity contribution in [2.45, 2.75) is 0 Å². The van der Waals surface area contributed by atoms with Crippen LogP contribution in [0.5, 0.6) is 0 Å². The molecule has 5 amide bonds. The second-order valence-corrected chi connectivity index (χ2v) is 6.58. The van der Waals surface area contributed by atoms with E-state index in [2.05, 4.69) is 10.5 Å². The van der Waals surface area contributed by atoms with E-state index in [-0.39, 0.29) is 16.3 Å². The molecule has 3 rings (SSSR count). The largest absolute Gasteiger partial charge is 0.335 e. The molecule has 1 aliphatic rings. The Morgan fingerprint density at radius 2 is 1.90 bits per heavy atom. The molecule has 0 aromatic heterocycles. The molecule has 0 bridgehead atoms. The number of nitrogens with one attached hydrogen (secondary N) is 2. The van der Waals surface area contributed by atoms with Crippen LogP contribution >= 0.6 is 23.2 Å². The summed E-state index contributed by atoms with van der Waals surface area (Å²) in [6.45, 7) is 0. The molecule has 1 atom stereocenters. The number of hydrogen-bond acceptors (Lipinski definition) is 5. The Labute approximate surface area is 173 Å². The summed E-state index contributed by atoms with van der Waals surface area (Å²) in [4.78, 5) is 49.2. The van der Waals surface area contributed by atoms with Gasteiger partial charge in [0.15, 0.2) is 5.92 Å². The van der Waals surface area contributed by atoms with Crippen molar-refractivity contribution in [1.29, 1.82) is 0 Å². The highest BCUT2D eigenvalue weighted by Gasteiger charge is 2.41. The minimum Gasteiger partial charge on any atom is -0.276 e. The van der Waals surface area contributed by atoms with Crippen LogP contribution in [0.4, 0.5) is 14.9 Å². The number of anilines is 1. The third-order valence-corrected chi connectivity index (χ3v) is 4.41. The summed E-state index contributed by atoms with van der Waals surface area (Å²) < 4.78 is 14.0. The van der Waals surface area contributed by atoms with E-state index in [9.17, 15) is 23.6 Å². The van der Waals surface area contributed by atoms with Crippen molar-refractivity contribution >= 4 is 58.9 Å². The average Bonchev–Trinajstić information content (AvgIpc) is 2.65. The van der Waals surface area contributed by atoms with Crippen LogP contribution in [0.1, 0.15) is 10.4 Å². The van der Waals surface area contributed by atoms with Gasteiger partial charge in [0.1, 0.15) is 5.82 Å². The van der Waals surface area contributed by atoms with Crippen LogP contribution in [0.25, 0.3) is 0 Å². The van der Waals surface area contributed by atoms with E-state index in [0.717, 1.165) is 12.3 Å². The number of carbonyl (C=O) groups is 4. The fourth-order valence-corrected chi connectivity index (χ4v) is 2.98. The van der Waals surface area contributed by atoms with Gasteiger partial charge in [-0.05, 0) is 30.3 Å². The number of barbiturate groups is 1. The zero-order chi connectivity index (χ0) is 21.1. The number of halogens is 3. The SMILES string of the molecule is O=C(N/N=C\[C@H]1C(=O)NC(=O)N(c2ccccc2F)C1=O)c1ccc(Cl)cc1Cl. The first kappa shape index (κ1) is 20.4. The van der Waals surface area contributed by atoms with Crippen molar-refractivity contribution in [3.8, 4) is 0 Å². The van der Waals surface area contributed by atoms with Crippen LogP contribution in [-0.2, 0) is 9.59 Å². The van der Waals surface area contributed by atoms with Crippen molar-refractivity contribution in [3.05, 3.63) is 63.9 Å². The fourth-order valence-electron chi connectivity index (χ4n) is 2.49. The second-order valence-electron chi connectivity index (χ2n) is 5.74. The van der Waals surface area contributed by atoms with E-state index in [0.29, 0.717) is 9.92 Å². The maximum absolute atomic E-state index is 14.0. The average molecular weight is 437 g/mol. The summed E-state index contributed by atoms with van der Waals surface area (Å²) >= 11 is 11.7. The molecular formula is C18H11Cl2FN4O4. The zero-order valence-electron chi connectivity index (χ0n) is 14.4. The normalized spacial score (nSPS) is 16.9. The Bertz CT molecular complexity index is 1060. The third kappa shape index (κ3) is 4.25. The number of hydrogen-bond donors (Lipinski definition) is 2. The van der Waals surface area contributed by atoms with Gasteiger partial charge in [-0.15, -0.1) is 0 Å². The Balaban J connectivity index is 1.78. The monoisotopic (exact) mass is 436 g/mol. The molecular weight excluding hydrogens is 426 g/mol.